The third kappa shape index (κ3) is 1.52. The van der Waals surface area contributed by atoms with Crippen molar-refractivity contribution < 1.29 is 9.59 Å². The molecule has 0 bridgehead atoms. The van der Waals surface area contributed by atoms with Crippen LogP contribution in [0.2, 0.25) is 0 Å². The summed E-state index contributed by atoms with van der Waals surface area (Å²) < 4.78 is 0. The van der Waals surface area contributed by atoms with Gasteiger partial charge >= 0.3 is 0 Å². The fourth-order valence-electron chi connectivity index (χ4n) is 2.57. The second-order valence-corrected chi connectivity index (χ2v) is 4.69. The lowest BCUT2D eigenvalue weighted by Crippen LogP contribution is -2.37. The third-order valence-electron chi connectivity index (χ3n) is 3.74. The molecule has 18 heavy (non-hydrogen) atoms. The van der Waals surface area contributed by atoms with Crippen LogP contribution in [0.25, 0.3) is 0 Å². The highest BCUT2D eigenvalue weighted by Gasteiger charge is 2.55. The van der Waals surface area contributed by atoms with Gasteiger partial charge in [0.1, 0.15) is 0 Å². The fourth-order valence-corrected chi connectivity index (χ4v) is 2.57. The van der Waals surface area contributed by atoms with Crippen molar-refractivity contribution in [1.29, 1.82) is 5.26 Å². The van der Waals surface area contributed by atoms with Gasteiger partial charge in [0.05, 0.1) is 17.4 Å². The molecule has 2 unspecified atom stereocenters. The number of amides is 2. The molecule has 1 aromatic rings. The fraction of sp³-hybridized carbons (Fsp3) is 0.357. The van der Waals surface area contributed by atoms with Crippen LogP contribution in [0.4, 0.5) is 0 Å². The summed E-state index contributed by atoms with van der Waals surface area (Å²) in [4.78, 5) is 25.5. The smallest absolute Gasteiger partial charge is 0.240 e. The van der Waals surface area contributed by atoms with Crippen molar-refractivity contribution in [1.82, 2.24) is 4.90 Å². The molecule has 2 atom stereocenters. The molecular weight excluding hydrogens is 228 g/mol. The maximum absolute atomic E-state index is 12.3. The van der Waals surface area contributed by atoms with E-state index in [0.717, 1.165) is 10.5 Å². The normalized spacial score (nSPS) is 27.4. The lowest BCUT2D eigenvalue weighted by atomic mass is 9.72. The first-order chi connectivity index (χ1) is 8.53. The van der Waals surface area contributed by atoms with Gasteiger partial charge in [-0.15, -0.1) is 0 Å². The van der Waals surface area contributed by atoms with Gasteiger partial charge in [-0.1, -0.05) is 30.3 Å². The summed E-state index contributed by atoms with van der Waals surface area (Å²) in [6, 6.07) is 11.2. The molecule has 92 valence electrons. The number of likely N-dealkylation sites (N-methyl/N-ethyl adjacent to an activating group) is 1. The van der Waals surface area contributed by atoms with Crippen molar-refractivity contribution in [2.75, 3.05) is 7.05 Å². The third-order valence-corrected chi connectivity index (χ3v) is 3.74. The molecule has 0 saturated carbocycles. The van der Waals surface area contributed by atoms with E-state index in [1.807, 2.05) is 36.4 Å². The first-order valence-electron chi connectivity index (χ1n) is 5.78. The van der Waals surface area contributed by atoms with Crippen molar-refractivity contribution in [3.8, 4) is 6.07 Å². The quantitative estimate of drug-likeness (QED) is 0.738. The van der Waals surface area contributed by atoms with Crippen LogP contribution < -0.4 is 0 Å². The average Bonchev–Trinajstić information content (AvgIpc) is 2.56. The molecule has 1 aliphatic rings. The highest BCUT2D eigenvalue weighted by molar-refractivity contribution is 6.10. The predicted molar refractivity (Wildman–Crippen MR) is 65.3 cm³/mol. The Balaban J connectivity index is 2.55. The van der Waals surface area contributed by atoms with Crippen LogP contribution in [-0.4, -0.2) is 23.8 Å². The van der Waals surface area contributed by atoms with E-state index in [2.05, 4.69) is 0 Å². The minimum Gasteiger partial charge on any atom is -0.285 e. The molecule has 0 spiro atoms. The number of likely N-dealkylation sites (tertiary alicyclic amines) is 1. The molecule has 2 rings (SSSR count). The summed E-state index contributed by atoms with van der Waals surface area (Å²) in [5, 5.41) is 8.86. The Morgan fingerprint density at radius 3 is 2.50 bits per heavy atom. The van der Waals surface area contributed by atoms with Crippen molar-refractivity contribution in [3.05, 3.63) is 35.9 Å². The second-order valence-electron chi connectivity index (χ2n) is 4.69. The molecule has 2 amide bonds. The van der Waals surface area contributed by atoms with Crippen LogP contribution in [0.1, 0.15) is 18.9 Å². The van der Waals surface area contributed by atoms with E-state index in [0.29, 0.717) is 0 Å². The van der Waals surface area contributed by atoms with Gasteiger partial charge in [-0.05, 0) is 12.5 Å². The zero-order valence-corrected chi connectivity index (χ0v) is 10.4. The van der Waals surface area contributed by atoms with E-state index in [-0.39, 0.29) is 18.2 Å². The zero-order chi connectivity index (χ0) is 13.3. The Kier molecular flexibility index (Phi) is 2.92. The Bertz CT molecular complexity index is 532. The van der Waals surface area contributed by atoms with E-state index in [1.165, 1.54) is 7.05 Å². The summed E-state index contributed by atoms with van der Waals surface area (Å²) >= 11 is 0. The first-order valence-corrected chi connectivity index (χ1v) is 5.78. The lowest BCUT2D eigenvalue weighted by Gasteiger charge is -2.26. The molecule has 0 aliphatic carbocycles. The average molecular weight is 242 g/mol. The van der Waals surface area contributed by atoms with Crippen LogP contribution in [0, 0.1) is 17.2 Å². The van der Waals surface area contributed by atoms with Gasteiger partial charge in [0.25, 0.3) is 0 Å². The minimum absolute atomic E-state index is 0.0559. The number of carbonyl (C=O) groups excluding carboxylic acids is 2. The Labute approximate surface area is 106 Å². The molecule has 0 aromatic heterocycles. The van der Waals surface area contributed by atoms with Gasteiger partial charge in [-0.2, -0.15) is 5.26 Å². The molecule has 1 saturated heterocycles. The van der Waals surface area contributed by atoms with Crippen LogP contribution in [0.15, 0.2) is 30.3 Å². The van der Waals surface area contributed by atoms with Gasteiger partial charge in [0, 0.05) is 13.5 Å². The molecule has 1 aliphatic heterocycles. The maximum atomic E-state index is 12.3. The van der Waals surface area contributed by atoms with E-state index >= 15 is 0 Å². The first kappa shape index (κ1) is 12.3. The van der Waals surface area contributed by atoms with E-state index in [4.69, 9.17) is 5.26 Å². The number of nitriles is 1. The zero-order valence-electron chi connectivity index (χ0n) is 10.4. The molecule has 4 heteroatoms. The number of carbonyl (C=O) groups is 2. The molecule has 0 radical (unpaired) electrons. The minimum atomic E-state index is -0.928. The summed E-state index contributed by atoms with van der Waals surface area (Å²) in [6.45, 7) is 1.74. The maximum Gasteiger partial charge on any atom is 0.240 e. The number of nitrogens with zero attached hydrogens (tertiary/aromatic N) is 2. The summed E-state index contributed by atoms with van der Waals surface area (Å²) in [6.07, 6.45) is 0.0559. The number of rotatable bonds is 2. The standard InChI is InChI=1S/C14H14N2O2/c1-14(10-6-4-3-5-7-10)11(8-9-15)12(17)16(2)13(14)18/h3-7,11H,8H2,1-2H3. The van der Waals surface area contributed by atoms with E-state index < -0.39 is 11.3 Å². The van der Waals surface area contributed by atoms with Gasteiger partial charge in [0.15, 0.2) is 0 Å². The number of imide groups is 1. The lowest BCUT2D eigenvalue weighted by molar-refractivity contribution is -0.138. The Hall–Kier alpha value is -2.15. The Morgan fingerprint density at radius 2 is 1.94 bits per heavy atom. The van der Waals surface area contributed by atoms with Gasteiger partial charge < -0.3 is 0 Å². The summed E-state index contributed by atoms with van der Waals surface area (Å²) in [5.74, 6) is -1.10. The van der Waals surface area contributed by atoms with Crippen molar-refractivity contribution in [2.24, 2.45) is 5.92 Å². The van der Waals surface area contributed by atoms with Crippen LogP contribution in [0.5, 0.6) is 0 Å². The van der Waals surface area contributed by atoms with Gasteiger partial charge in [-0.25, -0.2) is 0 Å². The molecule has 1 fully saturated rings. The SMILES string of the molecule is CN1C(=O)C(CC#N)C(C)(c2ccccc2)C1=O. The summed E-state index contributed by atoms with van der Waals surface area (Å²) in [5.41, 5.74) is -0.143. The number of hydrogen-bond acceptors (Lipinski definition) is 3. The highest BCUT2D eigenvalue weighted by Crippen LogP contribution is 2.41. The number of benzene rings is 1. The molecule has 1 heterocycles. The number of hydrogen-bond donors (Lipinski definition) is 0. The largest absolute Gasteiger partial charge is 0.285 e. The van der Waals surface area contributed by atoms with Crippen molar-refractivity contribution in [3.63, 3.8) is 0 Å². The van der Waals surface area contributed by atoms with Crippen LogP contribution >= 0.6 is 0 Å². The van der Waals surface area contributed by atoms with Crippen molar-refractivity contribution in [2.45, 2.75) is 18.8 Å². The molecule has 0 N–H and O–H groups in total. The van der Waals surface area contributed by atoms with Gasteiger partial charge in [-0.3, -0.25) is 14.5 Å². The monoisotopic (exact) mass is 242 g/mol. The predicted octanol–water partition coefficient (Wildman–Crippen LogP) is 1.47. The highest BCUT2D eigenvalue weighted by atomic mass is 16.2. The Morgan fingerprint density at radius 1 is 1.33 bits per heavy atom. The molecular formula is C14H14N2O2. The van der Waals surface area contributed by atoms with Crippen LogP contribution in [0.3, 0.4) is 0 Å². The van der Waals surface area contributed by atoms with Crippen molar-refractivity contribution >= 4 is 11.8 Å². The van der Waals surface area contributed by atoms with Gasteiger partial charge in [0.2, 0.25) is 11.8 Å². The second kappa shape index (κ2) is 4.26. The van der Waals surface area contributed by atoms with E-state index in [9.17, 15) is 9.59 Å². The topological polar surface area (TPSA) is 61.2 Å². The van der Waals surface area contributed by atoms with E-state index in [1.54, 1.807) is 6.92 Å². The summed E-state index contributed by atoms with van der Waals surface area (Å²) in [7, 11) is 1.48. The van der Waals surface area contributed by atoms with Crippen LogP contribution in [-0.2, 0) is 15.0 Å². The molecule has 4 nitrogen and oxygen atoms in total. The molecule has 1 aromatic carbocycles.